The molecule has 2 fully saturated rings. The zero-order valence-corrected chi connectivity index (χ0v) is 15.5. The van der Waals surface area contributed by atoms with Crippen molar-refractivity contribution in [3.8, 4) is 0 Å². The lowest BCUT2D eigenvalue weighted by atomic mass is 9.92. The minimum atomic E-state index is -0.997. The van der Waals surface area contributed by atoms with Gasteiger partial charge in [0.05, 0.1) is 0 Å². The average Bonchev–Trinajstić information content (AvgIpc) is 3.09. The molecule has 2 atom stereocenters. The van der Waals surface area contributed by atoms with Crippen LogP contribution in [0.1, 0.15) is 24.5 Å². The number of fused-ring (bicyclic) bond motifs is 2. The van der Waals surface area contributed by atoms with Gasteiger partial charge in [0.2, 0.25) is 5.91 Å². The van der Waals surface area contributed by atoms with Crippen molar-refractivity contribution in [2.75, 3.05) is 26.2 Å². The highest BCUT2D eigenvalue weighted by Crippen LogP contribution is 2.41. The molecule has 1 aromatic carbocycles. The molecule has 0 saturated carbocycles. The van der Waals surface area contributed by atoms with Crippen molar-refractivity contribution in [2.45, 2.75) is 31.3 Å². The van der Waals surface area contributed by atoms with Crippen LogP contribution in [-0.2, 0) is 21.5 Å². The number of imide groups is 1. The monoisotopic (exact) mass is 378 g/mol. The SMILES string of the molecule is C[C@H]1CNCCN1C(=O)CN1C(=O)NC2(CCc3ccccc32)C1=O.Cl. The molecular formula is C18H23ClN4O3. The Labute approximate surface area is 158 Å². The Morgan fingerprint density at radius 3 is 2.85 bits per heavy atom. The normalized spacial score (nSPS) is 27.3. The molecule has 1 unspecified atom stereocenters. The summed E-state index contributed by atoms with van der Waals surface area (Å²) in [5.41, 5.74) is 0.946. The number of hydrogen-bond donors (Lipinski definition) is 2. The predicted octanol–water partition coefficient (Wildman–Crippen LogP) is 0.622. The molecule has 3 aliphatic rings. The fourth-order valence-electron chi connectivity index (χ4n) is 4.17. The molecule has 7 nitrogen and oxygen atoms in total. The van der Waals surface area contributed by atoms with E-state index in [2.05, 4.69) is 10.6 Å². The molecule has 1 spiro atoms. The number of nitrogens with one attached hydrogen (secondary N) is 2. The first-order valence-electron chi connectivity index (χ1n) is 8.75. The lowest BCUT2D eigenvalue weighted by Crippen LogP contribution is -2.55. The lowest BCUT2D eigenvalue weighted by Gasteiger charge is -2.34. The van der Waals surface area contributed by atoms with Gasteiger partial charge < -0.3 is 15.5 Å². The number of urea groups is 1. The van der Waals surface area contributed by atoms with Gasteiger partial charge >= 0.3 is 6.03 Å². The van der Waals surface area contributed by atoms with Crippen molar-refractivity contribution in [1.82, 2.24) is 20.4 Å². The molecule has 8 heteroatoms. The van der Waals surface area contributed by atoms with Crippen LogP contribution in [0.5, 0.6) is 0 Å². The molecule has 2 heterocycles. The maximum absolute atomic E-state index is 13.1. The number of rotatable bonds is 2. The molecule has 0 radical (unpaired) electrons. The van der Waals surface area contributed by atoms with E-state index in [-0.39, 0.29) is 36.8 Å². The Kier molecular flexibility index (Phi) is 4.94. The van der Waals surface area contributed by atoms with E-state index in [9.17, 15) is 14.4 Å². The molecule has 2 N–H and O–H groups in total. The molecule has 0 aromatic heterocycles. The summed E-state index contributed by atoms with van der Waals surface area (Å²) in [5.74, 6) is -0.487. The van der Waals surface area contributed by atoms with E-state index in [1.807, 2.05) is 31.2 Å². The third-order valence-electron chi connectivity index (χ3n) is 5.54. The Bertz CT molecular complexity index is 756. The lowest BCUT2D eigenvalue weighted by molar-refractivity contribution is -0.140. The smallest absolute Gasteiger partial charge is 0.325 e. The second-order valence-electron chi connectivity index (χ2n) is 7.02. The van der Waals surface area contributed by atoms with Gasteiger partial charge in [-0.15, -0.1) is 12.4 Å². The maximum Gasteiger partial charge on any atom is 0.325 e. The summed E-state index contributed by atoms with van der Waals surface area (Å²) in [7, 11) is 0. The Balaban J connectivity index is 0.00000196. The molecule has 2 aliphatic heterocycles. The van der Waals surface area contributed by atoms with Crippen LogP contribution in [0.3, 0.4) is 0 Å². The highest BCUT2D eigenvalue weighted by Gasteiger charge is 2.55. The number of piperazine rings is 1. The van der Waals surface area contributed by atoms with Gasteiger partial charge in [-0.05, 0) is 30.9 Å². The molecule has 0 bridgehead atoms. The number of benzene rings is 1. The maximum atomic E-state index is 13.1. The van der Waals surface area contributed by atoms with Crippen molar-refractivity contribution in [3.05, 3.63) is 35.4 Å². The zero-order valence-electron chi connectivity index (χ0n) is 14.7. The topological polar surface area (TPSA) is 81.8 Å². The standard InChI is InChI=1S/C18H22N4O3.ClH/c1-12-10-19-8-9-21(12)15(23)11-22-16(24)18(20-17(22)25)7-6-13-4-2-3-5-14(13)18;/h2-5,12,19H,6-11H2,1H3,(H,20,25);1H/t12-,18?;/m0./s1. The zero-order chi connectivity index (χ0) is 17.6. The minimum absolute atomic E-state index is 0. The first kappa shape index (κ1) is 18.7. The van der Waals surface area contributed by atoms with E-state index in [4.69, 9.17) is 0 Å². The van der Waals surface area contributed by atoms with Gasteiger partial charge in [0.1, 0.15) is 12.1 Å². The summed E-state index contributed by atoms with van der Waals surface area (Å²) in [6.07, 6.45) is 1.30. The molecule has 1 aliphatic carbocycles. The van der Waals surface area contributed by atoms with Crippen LogP contribution in [-0.4, -0.2) is 59.9 Å². The predicted molar refractivity (Wildman–Crippen MR) is 98.0 cm³/mol. The third-order valence-corrected chi connectivity index (χ3v) is 5.54. The van der Waals surface area contributed by atoms with Crippen LogP contribution < -0.4 is 10.6 Å². The summed E-state index contributed by atoms with van der Waals surface area (Å²) in [5, 5.41) is 6.09. The van der Waals surface area contributed by atoms with Gasteiger partial charge in [-0.2, -0.15) is 0 Å². The van der Waals surface area contributed by atoms with Gasteiger partial charge in [-0.25, -0.2) is 4.79 Å². The highest BCUT2D eigenvalue weighted by atomic mass is 35.5. The number of aryl methyl sites for hydroxylation is 1. The van der Waals surface area contributed by atoms with Crippen molar-refractivity contribution in [1.29, 1.82) is 0 Å². The van der Waals surface area contributed by atoms with E-state index in [1.54, 1.807) is 4.90 Å². The van der Waals surface area contributed by atoms with Crippen LogP contribution in [0.2, 0.25) is 0 Å². The molecule has 140 valence electrons. The third kappa shape index (κ3) is 2.75. The summed E-state index contributed by atoms with van der Waals surface area (Å²) >= 11 is 0. The summed E-state index contributed by atoms with van der Waals surface area (Å²) < 4.78 is 0. The van der Waals surface area contributed by atoms with E-state index in [1.165, 1.54) is 0 Å². The molecule has 26 heavy (non-hydrogen) atoms. The highest BCUT2D eigenvalue weighted by molar-refractivity contribution is 6.09. The summed E-state index contributed by atoms with van der Waals surface area (Å²) in [6.45, 7) is 3.82. The molecule has 2 saturated heterocycles. The molecule has 1 aromatic rings. The van der Waals surface area contributed by atoms with Gasteiger partial charge in [0.15, 0.2) is 0 Å². The Hall–Kier alpha value is -2.12. The van der Waals surface area contributed by atoms with Crippen LogP contribution >= 0.6 is 12.4 Å². The molecular weight excluding hydrogens is 356 g/mol. The number of nitrogens with zero attached hydrogens (tertiary/aromatic N) is 2. The fourth-order valence-corrected chi connectivity index (χ4v) is 4.17. The van der Waals surface area contributed by atoms with Crippen LogP contribution in [0, 0.1) is 0 Å². The second kappa shape index (κ2) is 6.89. The van der Waals surface area contributed by atoms with E-state index >= 15 is 0 Å². The van der Waals surface area contributed by atoms with Gasteiger partial charge in [-0.1, -0.05) is 24.3 Å². The Morgan fingerprint density at radius 1 is 1.31 bits per heavy atom. The quantitative estimate of drug-likeness (QED) is 0.739. The molecule has 4 rings (SSSR count). The van der Waals surface area contributed by atoms with Crippen LogP contribution in [0.25, 0.3) is 0 Å². The largest absolute Gasteiger partial charge is 0.336 e. The van der Waals surface area contributed by atoms with Crippen molar-refractivity contribution in [2.24, 2.45) is 0 Å². The number of amides is 4. The number of hydrogen-bond acceptors (Lipinski definition) is 4. The number of carbonyl (C=O) groups excluding carboxylic acids is 3. The Morgan fingerprint density at radius 2 is 2.08 bits per heavy atom. The van der Waals surface area contributed by atoms with Crippen molar-refractivity contribution < 1.29 is 14.4 Å². The van der Waals surface area contributed by atoms with Crippen LogP contribution in [0.4, 0.5) is 4.79 Å². The first-order valence-corrected chi connectivity index (χ1v) is 8.75. The van der Waals surface area contributed by atoms with E-state index in [0.717, 1.165) is 35.5 Å². The van der Waals surface area contributed by atoms with Crippen molar-refractivity contribution >= 4 is 30.3 Å². The summed E-state index contributed by atoms with van der Waals surface area (Å²) in [4.78, 5) is 41.0. The average molecular weight is 379 g/mol. The van der Waals surface area contributed by atoms with Gasteiger partial charge in [-0.3, -0.25) is 14.5 Å². The number of halogens is 1. The van der Waals surface area contributed by atoms with E-state index in [0.29, 0.717) is 13.0 Å². The van der Waals surface area contributed by atoms with Gasteiger partial charge in [0.25, 0.3) is 5.91 Å². The number of carbonyl (C=O) groups is 3. The first-order chi connectivity index (χ1) is 12.0. The van der Waals surface area contributed by atoms with E-state index < -0.39 is 11.6 Å². The van der Waals surface area contributed by atoms with Crippen molar-refractivity contribution in [3.63, 3.8) is 0 Å². The fraction of sp³-hybridized carbons (Fsp3) is 0.500. The second-order valence-corrected chi connectivity index (χ2v) is 7.02. The minimum Gasteiger partial charge on any atom is -0.336 e. The van der Waals surface area contributed by atoms with Gasteiger partial charge in [0, 0.05) is 25.7 Å². The van der Waals surface area contributed by atoms with Crippen LogP contribution in [0.15, 0.2) is 24.3 Å². The summed E-state index contributed by atoms with van der Waals surface area (Å²) in [6, 6.07) is 7.28. The molecule has 4 amide bonds.